The lowest BCUT2D eigenvalue weighted by atomic mass is 10.2. The van der Waals surface area contributed by atoms with Crippen molar-refractivity contribution in [3.05, 3.63) is 23.8 Å². The fourth-order valence-corrected chi connectivity index (χ4v) is 1.42. The summed E-state index contributed by atoms with van der Waals surface area (Å²) in [4.78, 5) is 12.5. The van der Waals surface area contributed by atoms with Gasteiger partial charge in [-0.15, -0.1) is 0 Å². The molecule has 0 aliphatic carbocycles. The van der Waals surface area contributed by atoms with Crippen LogP contribution < -0.4 is 5.73 Å². The zero-order valence-corrected chi connectivity index (χ0v) is 9.92. The first-order chi connectivity index (χ1) is 8.20. The van der Waals surface area contributed by atoms with Gasteiger partial charge in [-0.25, -0.2) is 9.97 Å². The van der Waals surface area contributed by atoms with E-state index in [-0.39, 0.29) is 6.04 Å². The molecule has 0 unspecified atom stereocenters. The molecular formula is C11H15N5O. The molecule has 0 bridgehead atoms. The van der Waals surface area contributed by atoms with Gasteiger partial charge in [-0.3, -0.25) is 0 Å². The van der Waals surface area contributed by atoms with E-state index in [9.17, 15) is 0 Å². The van der Waals surface area contributed by atoms with Crippen LogP contribution in [-0.4, -0.2) is 20.1 Å². The minimum Gasteiger partial charge on any atom is -0.337 e. The van der Waals surface area contributed by atoms with E-state index in [1.807, 2.05) is 6.92 Å². The van der Waals surface area contributed by atoms with E-state index in [4.69, 9.17) is 10.3 Å². The molecule has 6 nitrogen and oxygen atoms in total. The van der Waals surface area contributed by atoms with Gasteiger partial charge in [0.2, 0.25) is 17.5 Å². The Morgan fingerprint density at radius 2 is 2.00 bits per heavy atom. The van der Waals surface area contributed by atoms with E-state index < -0.39 is 0 Å². The van der Waals surface area contributed by atoms with Crippen LogP contribution in [0.15, 0.2) is 16.9 Å². The SMILES string of the molecule is CCC[C@H](N)c1nc(-c2ncc(C)cn2)no1. The first kappa shape index (κ1) is 11.7. The van der Waals surface area contributed by atoms with Crippen LogP contribution in [0.1, 0.15) is 37.3 Å². The van der Waals surface area contributed by atoms with Crippen LogP contribution in [0.25, 0.3) is 11.6 Å². The van der Waals surface area contributed by atoms with Crippen molar-refractivity contribution in [2.75, 3.05) is 0 Å². The molecule has 0 spiro atoms. The first-order valence-corrected chi connectivity index (χ1v) is 5.59. The van der Waals surface area contributed by atoms with Gasteiger partial charge in [0, 0.05) is 12.4 Å². The Hall–Kier alpha value is -1.82. The highest BCUT2D eigenvalue weighted by molar-refractivity contribution is 5.41. The lowest BCUT2D eigenvalue weighted by molar-refractivity contribution is 0.348. The quantitative estimate of drug-likeness (QED) is 0.863. The zero-order chi connectivity index (χ0) is 12.3. The highest BCUT2D eigenvalue weighted by Gasteiger charge is 2.16. The number of hydrogen-bond donors (Lipinski definition) is 1. The molecule has 90 valence electrons. The minimum atomic E-state index is -0.216. The molecule has 0 aliphatic heterocycles. The van der Waals surface area contributed by atoms with Gasteiger partial charge in [0.25, 0.3) is 0 Å². The van der Waals surface area contributed by atoms with Crippen LogP contribution in [0.4, 0.5) is 0 Å². The van der Waals surface area contributed by atoms with Crippen molar-refractivity contribution in [3.8, 4) is 11.6 Å². The Kier molecular flexibility index (Phi) is 3.43. The van der Waals surface area contributed by atoms with Crippen molar-refractivity contribution in [1.82, 2.24) is 20.1 Å². The first-order valence-electron chi connectivity index (χ1n) is 5.59. The van der Waals surface area contributed by atoms with E-state index in [1.165, 1.54) is 0 Å². The second kappa shape index (κ2) is 5.01. The Morgan fingerprint density at radius 1 is 1.29 bits per heavy atom. The summed E-state index contributed by atoms with van der Waals surface area (Å²) in [5.74, 6) is 1.27. The summed E-state index contributed by atoms with van der Waals surface area (Å²) in [5.41, 5.74) is 6.87. The second-order valence-electron chi connectivity index (χ2n) is 3.94. The third-order valence-electron chi connectivity index (χ3n) is 2.34. The molecule has 0 fully saturated rings. The molecule has 1 atom stereocenters. The molecular weight excluding hydrogens is 218 g/mol. The van der Waals surface area contributed by atoms with Crippen molar-refractivity contribution < 1.29 is 4.52 Å². The normalized spacial score (nSPS) is 12.6. The molecule has 0 radical (unpaired) electrons. The van der Waals surface area contributed by atoms with E-state index >= 15 is 0 Å². The van der Waals surface area contributed by atoms with Crippen LogP contribution in [-0.2, 0) is 0 Å². The fraction of sp³-hybridized carbons (Fsp3) is 0.455. The predicted octanol–water partition coefficient (Wildman–Crippen LogP) is 1.63. The molecule has 0 saturated carbocycles. The zero-order valence-electron chi connectivity index (χ0n) is 9.92. The molecule has 0 aromatic carbocycles. The molecule has 2 N–H and O–H groups in total. The highest BCUT2D eigenvalue weighted by atomic mass is 16.5. The summed E-state index contributed by atoms with van der Waals surface area (Å²) in [6, 6.07) is -0.216. The summed E-state index contributed by atoms with van der Waals surface area (Å²) in [6.45, 7) is 3.98. The van der Waals surface area contributed by atoms with Gasteiger partial charge in [0.05, 0.1) is 6.04 Å². The average molecular weight is 233 g/mol. The smallest absolute Gasteiger partial charge is 0.243 e. The topological polar surface area (TPSA) is 90.7 Å². The lowest BCUT2D eigenvalue weighted by Gasteiger charge is -2.01. The molecule has 17 heavy (non-hydrogen) atoms. The van der Waals surface area contributed by atoms with Crippen molar-refractivity contribution >= 4 is 0 Å². The molecule has 2 rings (SSSR count). The third kappa shape index (κ3) is 2.65. The Labute approximate surface area is 99.3 Å². The van der Waals surface area contributed by atoms with Crippen molar-refractivity contribution in [2.24, 2.45) is 5.73 Å². The average Bonchev–Trinajstić information content (AvgIpc) is 2.80. The summed E-state index contributed by atoms with van der Waals surface area (Å²) in [5, 5.41) is 3.83. The molecule has 6 heteroatoms. The Morgan fingerprint density at radius 3 is 2.65 bits per heavy atom. The molecule has 2 aromatic heterocycles. The molecule has 2 aromatic rings. The number of aromatic nitrogens is 4. The summed E-state index contributed by atoms with van der Waals surface area (Å²) < 4.78 is 5.10. The Bertz CT molecular complexity index is 479. The van der Waals surface area contributed by atoms with Gasteiger partial charge in [-0.05, 0) is 18.9 Å². The molecule has 2 heterocycles. The summed E-state index contributed by atoms with van der Waals surface area (Å²) >= 11 is 0. The summed E-state index contributed by atoms with van der Waals surface area (Å²) in [7, 11) is 0. The van der Waals surface area contributed by atoms with Crippen LogP contribution in [0.5, 0.6) is 0 Å². The maximum Gasteiger partial charge on any atom is 0.243 e. The molecule has 0 saturated heterocycles. The summed E-state index contributed by atoms with van der Waals surface area (Å²) in [6.07, 6.45) is 5.21. The van der Waals surface area contributed by atoms with Crippen molar-refractivity contribution in [2.45, 2.75) is 32.7 Å². The van der Waals surface area contributed by atoms with Gasteiger partial charge in [0.15, 0.2) is 0 Å². The standard InChI is InChI=1S/C11H15N5O/c1-3-4-8(12)11-15-10(16-17-11)9-13-5-7(2)6-14-9/h5-6,8H,3-4,12H2,1-2H3/t8-/m0/s1. The molecule has 0 aliphatic rings. The molecule has 0 amide bonds. The number of hydrogen-bond acceptors (Lipinski definition) is 6. The number of nitrogens with two attached hydrogens (primary N) is 1. The number of nitrogens with zero attached hydrogens (tertiary/aromatic N) is 4. The fourth-order valence-electron chi connectivity index (χ4n) is 1.42. The van der Waals surface area contributed by atoms with Crippen LogP contribution in [0, 0.1) is 6.92 Å². The van der Waals surface area contributed by atoms with E-state index in [0.717, 1.165) is 18.4 Å². The van der Waals surface area contributed by atoms with Crippen LogP contribution in [0.3, 0.4) is 0 Å². The van der Waals surface area contributed by atoms with Crippen molar-refractivity contribution in [3.63, 3.8) is 0 Å². The van der Waals surface area contributed by atoms with E-state index in [0.29, 0.717) is 17.5 Å². The van der Waals surface area contributed by atoms with Gasteiger partial charge < -0.3 is 10.3 Å². The largest absolute Gasteiger partial charge is 0.337 e. The van der Waals surface area contributed by atoms with Crippen LogP contribution in [0.2, 0.25) is 0 Å². The third-order valence-corrected chi connectivity index (χ3v) is 2.34. The van der Waals surface area contributed by atoms with Crippen molar-refractivity contribution in [1.29, 1.82) is 0 Å². The van der Waals surface area contributed by atoms with Gasteiger partial charge in [-0.2, -0.15) is 4.98 Å². The monoisotopic (exact) mass is 233 g/mol. The predicted molar refractivity (Wildman–Crippen MR) is 61.9 cm³/mol. The highest BCUT2D eigenvalue weighted by Crippen LogP contribution is 2.16. The maximum atomic E-state index is 5.88. The van der Waals surface area contributed by atoms with E-state index in [1.54, 1.807) is 12.4 Å². The van der Waals surface area contributed by atoms with Gasteiger partial charge in [-0.1, -0.05) is 18.5 Å². The van der Waals surface area contributed by atoms with Gasteiger partial charge >= 0.3 is 0 Å². The van der Waals surface area contributed by atoms with E-state index in [2.05, 4.69) is 27.0 Å². The maximum absolute atomic E-state index is 5.88. The van der Waals surface area contributed by atoms with Crippen LogP contribution >= 0.6 is 0 Å². The lowest BCUT2D eigenvalue weighted by Crippen LogP contribution is -2.09. The van der Waals surface area contributed by atoms with Gasteiger partial charge in [0.1, 0.15) is 0 Å². The Balaban J connectivity index is 2.20. The number of aryl methyl sites for hydroxylation is 1. The minimum absolute atomic E-state index is 0.216. The number of rotatable bonds is 4. The second-order valence-corrected chi connectivity index (χ2v) is 3.94.